The molecule has 3 heterocycles. The first kappa shape index (κ1) is 19.4. The molecule has 1 spiro atoms. The molecule has 2 fully saturated rings. The summed E-state index contributed by atoms with van der Waals surface area (Å²) in [5, 5.41) is 9.61. The summed E-state index contributed by atoms with van der Waals surface area (Å²) in [7, 11) is 5.61. The first-order chi connectivity index (χ1) is 13.0. The maximum absolute atomic E-state index is 12.4. The average molecular weight is 371 g/mol. The van der Waals surface area contributed by atoms with Crippen LogP contribution in [0.3, 0.4) is 0 Å². The minimum absolute atomic E-state index is 0.0989. The van der Waals surface area contributed by atoms with Crippen molar-refractivity contribution in [2.24, 2.45) is 5.41 Å². The Bertz CT molecular complexity index is 730. The number of amides is 1. The topological polar surface area (TPSA) is 72.7 Å². The monoisotopic (exact) mass is 371 g/mol. The van der Waals surface area contributed by atoms with E-state index in [1.165, 1.54) is 0 Å². The van der Waals surface area contributed by atoms with Crippen LogP contribution in [0.1, 0.15) is 31.2 Å². The third kappa shape index (κ3) is 4.16. The van der Waals surface area contributed by atoms with E-state index in [1.54, 1.807) is 13.3 Å². The van der Waals surface area contributed by atoms with E-state index in [-0.39, 0.29) is 11.3 Å². The highest BCUT2D eigenvalue weighted by atomic mass is 16.5. The number of piperidine rings is 2. The minimum atomic E-state index is 0.0989. The number of ether oxygens (including phenoxy) is 1. The number of likely N-dealkylation sites (tertiary alicyclic amines) is 1. The number of pyridine rings is 1. The van der Waals surface area contributed by atoms with Crippen LogP contribution in [0.15, 0.2) is 12.3 Å². The first-order valence-corrected chi connectivity index (χ1v) is 9.58. The molecule has 146 valence electrons. The number of aromatic nitrogens is 1. The van der Waals surface area contributed by atoms with Gasteiger partial charge in [0.25, 0.3) is 0 Å². The normalized spacial score (nSPS) is 23.0. The largest absolute Gasteiger partial charge is 0.480 e. The zero-order valence-electron chi connectivity index (χ0n) is 16.6. The molecule has 3 rings (SSSR count). The molecule has 1 atom stereocenters. The van der Waals surface area contributed by atoms with Crippen molar-refractivity contribution in [2.75, 3.05) is 58.8 Å². The van der Waals surface area contributed by atoms with Crippen molar-refractivity contribution in [1.29, 1.82) is 5.26 Å². The van der Waals surface area contributed by atoms with Crippen molar-refractivity contribution in [2.45, 2.75) is 25.7 Å². The highest BCUT2D eigenvalue weighted by Gasteiger charge is 2.42. The number of nitrogens with zero attached hydrogens (tertiary/aromatic N) is 5. The Labute approximate surface area is 161 Å². The lowest BCUT2D eigenvalue weighted by Crippen LogP contribution is -2.55. The Morgan fingerprint density at radius 2 is 2.19 bits per heavy atom. The number of likely N-dealkylation sites (N-methyl/N-ethyl adjacent to an activating group) is 1. The van der Waals surface area contributed by atoms with Crippen molar-refractivity contribution in [3.63, 3.8) is 0 Å². The van der Waals surface area contributed by atoms with Crippen LogP contribution in [0.25, 0.3) is 0 Å². The molecule has 2 saturated heterocycles. The van der Waals surface area contributed by atoms with Gasteiger partial charge in [0.05, 0.1) is 12.8 Å². The van der Waals surface area contributed by atoms with Gasteiger partial charge in [0.15, 0.2) is 0 Å². The zero-order valence-corrected chi connectivity index (χ0v) is 16.6. The van der Waals surface area contributed by atoms with E-state index in [0.717, 1.165) is 57.7 Å². The number of hydrogen-bond donors (Lipinski definition) is 0. The predicted molar refractivity (Wildman–Crippen MR) is 104 cm³/mol. The molecule has 1 aromatic rings. The first-order valence-electron chi connectivity index (χ1n) is 9.58. The second-order valence-electron chi connectivity index (χ2n) is 7.97. The van der Waals surface area contributed by atoms with E-state index in [0.29, 0.717) is 17.9 Å². The Morgan fingerprint density at radius 3 is 2.89 bits per heavy atom. The number of rotatable bonds is 5. The fraction of sp³-hybridized carbons (Fsp3) is 0.650. The second kappa shape index (κ2) is 8.13. The lowest BCUT2D eigenvalue weighted by Gasteiger charge is -2.49. The van der Waals surface area contributed by atoms with Gasteiger partial charge in [-0.05, 0) is 39.4 Å². The van der Waals surface area contributed by atoms with Gasteiger partial charge in [0, 0.05) is 50.8 Å². The van der Waals surface area contributed by atoms with E-state index < -0.39 is 0 Å². The van der Waals surface area contributed by atoms with Gasteiger partial charge >= 0.3 is 0 Å². The van der Waals surface area contributed by atoms with Crippen molar-refractivity contribution >= 4 is 11.6 Å². The van der Waals surface area contributed by atoms with Gasteiger partial charge in [-0.3, -0.25) is 4.79 Å². The quantitative estimate of drug-likeness (QED) is 0.785. The maximum atomic E-state index is 12.4. The van der Waals surface area contributed by atoms with E-state index in [4.69, 9.17) is 4.74 Å². The number of hydrogen-bond acceptors (Lipinski definition) is 6. The molecular weight excluding hydrogens is 342 g/mol. The standard InChI is InChI=1S/C20H29N5O2/c1-23(2)11-12-25-15-20(8-5-18(25)26)7-4-10-24(14-20)17-6-9-22-19(27-3)16(17)13-21/h6,9H,4-5,7-8,10-12,14-15H2,1-3H3. The van der Waals surface area contributed by atoms with Crippen molar-refractivity contribution in [3.05, 3.63) is 17.8 Å². The van der Waals surface area contributed by atoms with Crippen LogP contribution in [0.5, 0.6) is 5.88 Å². The van der Waals surface area contributed by atoms with Gasteiger partial charge < -0.3 is 19.4 Å². The van der Waals surface area contributed by atoms with E-state index in [1.807, 2.05) is 25.1 Å². The Balaban J connectivity index is 1.80. The summed E-state index contributed by atoms with van der Waals surface area (Å²) < 4.78 is 5.27. The second-order valence-corrected chi connectivity index (χ2v) is 7.97. The third-order valence-corrected chi connectivity index (χ3v) is 5.77. The number of methoxy groups -OCH3 is 1. The van der Waals surface area contributed by atoms with E-state index in [2.05, 4.69) is 20.9 Å². The van der Waals surface area contributed by atoms with Crippen LogP contribution in [0.2, 0.25) is 0 Å². The van der Waals surface area contributed by atoms with Gasteiger partial charge in [-0.1, -0.05) is 0 Å². The molecule has 1 aromatic heterocycles. The fourth-order valence-corrected chi connectivity index (χ4v) is 4.33. The Morgan fingerprint density at radius 1 is 1.37 bits per heavy atom. The van der Waals surface area contributed by atoms with E-state index in [9.17, 15) is 10.1 Å². The summed E-state index contributed by atoms with van der Waals surface area (Å²) in [5.74, 6) is 0.643. The molecule has 1 unspecified atom stereocenters. The molecule has 0 bridgehead atoms. The summed E-state index contributed by atoms with van der Waals surface area (Å²) in [4.78, 5) is 23.0. The zero-order chi connectivity index (χ0) is 19.4. The highest BCUT2D eigenvalue weighted by molar-refractivity contribution is 5.77. The summed E-state index contributed by atoms with van der Waals surface area (Å²) in [5.41, 5.74) is 1.48. The van der Waals surface area contributed by atoms with Crippen molar-refractivity contribution < 1.29 is 9.53 Å². The van der Waals surface area contributed by atoms with Crippen molar-refractivity contribution in [1.82, 2.24) is 14.8 Å². The van der Waals surface area contributed by atoms with Crippen LogP contribution in [-0.2, 0) is 4.79 Å². The average Bonchev–Trinajstić information content (AvgIpc) is 2.68. The van der Waals surface area contributed by atoms with E-state index >= 15 is 0 Å². The number of carbonyl (C=O) groups excluding carboxylic acids is 1. The van der Waals surface area contributed by atoms with Crippen LogP contribution in [-0.4, -0.2) is 74.6 Å². The fourth-order valence-electron chi connectivity index (χ4n) is 4.33. The van der Waals surface area contributed by atoms with Crippen LogP contribution in [0.4, 0.5) is 5.69 Å². The van der Waals surface area contributed by atoms with Gasteiger partial charge in [-0.25, -0.2) is 4.98 Å². The number of anilines is 1. The Hall–Kier alpha value is -2.33. The summed E-state index contributed by atoms with van der Waals surface area (Å²) in [6, 6.07) is 4.15. The molecule has 0 N–H and O–H groups in total. The summed E-state index contributed by atoms with van der Waals surface area (Å²) in [6.07, 6.45) is 5.42. The molecule has 1 amide bonds. The van der Waals surface area contributed by atoms with Crippen LogP contribution >= 0.6 is 0 Å². The lowest BCUT2D eigenvalue weighted by molar-refractivity contribution is -0.138. The summed E-state index contributed by atoms with van der Waals surface area (Å²) >= 11 is 0. The molecule has 7 nitrogen and oxygen atoms in total. The Kier molecular flexibility index (Phi) is 5.85. The van der Waals surface area contributed by atoms with Gasteiger partial charge in [0.1, 0.15) is 11.6 Å². The smallest absolute Gasteiger partial charge is 0.233 e. The molecule has 0 saturated carbocycles. The van der Waals surface area contributed by atoms with Crippen LogP contribution in [0, 0.1) is 16.7 Å². The van der Waals surface area contributed by atoms with Crippen molar-refractivity contribution in [3.8, 4) is 11.9 Å². The van der Waals surface area contributed by atoms with Gasteiger partial charge in [-0.15, -0.1) is 0 Å². The molecule has 2 aliphatic rings. The number of nitriles is 1. The molecule has 0 aromatic carbocycles. The summed E-state index contributed by atoms with van der Waals surface area (Å²) in [6.45, 7) is 4.24. The predicted octanol–water partition coefficient (Wildman–Crippen LogP) is 1.73. The third-order valence-electron chi connectivity index (χ3n) is 5.77. The SMILES string of the molecule is COc1nccc(N2CCCC3(CCC(=O)N(CCN(C)C)C3)C2)c1C#N. The molecule has 0 aliphatic carbocycles. The molecule has 7 heteroatoms. The van der Waals surface area contributed by atoms with Gasteiger partial charge in [0.2, 0.25) is 11.8 Å². The van der Waals surface area contributed by atoms with Gasteiger partial charge in [-0.2, -0.15) is 5.26 Å². The molecule has 27 heavy (non-hydrogen) atoms. The maximum Gasteiger partial charge on any atom is 0.233 e. The minimum Gasteiger partial charge on any atom is -0.480 e. The molecule has 2 aliphatic heterocycles. The molecule has 0 radical (unpaired) electrons. The van der Waals surface area contributed by atoms with Crippen LogP contribution < -0.4 is 9.64 Å². The lowest BCUT2D eigenvalue weighted by atomic mass is 9.73. The molecular formula is C20H29N5O2. The number of carbonyl (C=O) groups is 1. The highest BCUT2D eigenvalue weighted by Crippen LogP contribution is 2.41.